The van der Waals surface area contributed by atoms with Crippen molar-refractivity contribution in [1.29, 1.82) is 0 Å². The van der Waals surface area contributed by atoms with Crippen LogP contribution in [-0.2, 0) is 9.53 Å². The first kappa shape index (κ1) is 9.78. The van der Waals surface area contributed by atoms with Crippen LogP contribution in [0.1, 0.15) is 6.92 Å². The van der Waals surface area contributed by atoms with Crippen molar-refractivity contribution in [1.82, 2.24) is 5.32 Å². The van der Waals surface area contributed by atoms with E-state index < -0.39 is 0 Å². The molecule has 0 rings (SSSR count). The van der Waals surface area contributed by atoms with Crippen molar-refractivity contribution in [3.63, 3.8) is 0 Å². The summed E-state index contributed by atoms with van der Waals surface area (Å²) >= 11 is 3.99. The Morgan fingerprint density at radius 3 is 2.80 bits per heavy atom. The molecule has 3 nitrogen and oxygen atoms in total. The first-order chi connectivity index (χ1) is 4.70. The third-order valence-corrected chi connectivity index (χ3v) is 1.55. The smallest absolute Gasteiger partial charge is 0.245 e. The van der Waals surface area contributed by atoms with Gasteiger partial charge in [0.15, 0.2) is 0 Å². The van der Waals surface area contributed by atoms with Crippen LogP contribution in [0.5, 0.6) is 0 Å². The molecular weight excluding hydrogens is 150 g/mol. The number of ether oxygens (including phenoxy) is 1. The van der Waals surface area contributed by atoms with E-state index in [1.807, 2.05) is 6.92 Å². The van der Waals surface area contributed by atoms with Gasteiger partial charge >= 0.3 is 0 Å². The normalized spacial score (nSPS) is 12.7. The molecule has 10 heavy (non-hydrogen) atoms. The van der Waals surface area contributed by atoms with Gasteiger partial charge < -0.3 is 10.1 Å². The predicted octanol–water partition coefficient (Wildman–Crippen LogP) is 0.0673. The molecule has 0 aliphatic heterocycles. The first-order valence-corrected chi connectivity index (χ1v) is 3.77. The van der Waals surface area contributed by atoms with E-state index in [0.29, 0.717) is 5.75 Å². The van der Waals surface area contributed by atoms with Gasteiger partial charge in [0.2, 0.25) is 5.91 Å². The van der Waals surface area contributed by atoms with Crippen LogP contribution >= 0.6 is 12.6 Å². The Labute approximate surface area is 66.5 Å². The molecule has 0 aromatic rings. The third-order valence-electron chi connectivity index (χ3n) is 1.03. The lowest BCUT2D eigenvalue weighted by Gasteiger charge is -2.07. The minimum Gasteiger partial charge on any atom is -0.368 e. The molecular formula is C6H13NO2S. The summed E-state index contributed by atoms with van der Waals surface area (Å²) in [5.41, 5.74) is 0. The maximum atomic E-state index is 10.6. The second-order valence-electron chi connectivity index (χ2n) is 1.98. The van der Waals surface area contributed by atoms with Crippen molar-refractivity contribution in [2.45, 2.75) is 13.0 Å². The summed E-state index contributed by atoms with van der Waals surface area (Å²) in [4.78, 5) is 10.6. The Morgan fingerprint density at radius 1 is 1.80 bits per heavy atom. The number of nitrogens with one attached hydrogen (secondary N) is 1. The highest BCUT2D eigenvalue weighted by Gasteiger charge is 2.01. The van der Waals surface area contributed by atoms with Crippen molar-refractivity contribution in [3.8, 4) is 0 Å². The van der Waals surface area contributed by atoms with E-state index in [0.717, 1.165) is 0 Å². The lowest BCUT2D eigenvalue weighted by Crippen LogP contribution is -2.26. The van der Waals surface area contributed by atoms with E-state index >= 15 is 0 Å². The van der Waals surface area contributed by atoms with Crippen molar-refractivity contribution in [2.24, 2.45) is 0 Å². The summed E-state index contributed by atoms with van der Waals surface area (Å²) in [7, 11) is 1.58. The number of rotatable bonds is 4. The van der Waals surface area contributed by atoms with Gasteiger partial charge in [-0.05, 0) is 6.92 Å². The van der Waals surface area contributed by atoms with Gasteiger partial charge in [0.05, 0.1) is 6.10 Å². The number of hydrogen-bond donors (Lipinski definition) is 2. The molecule has 0 heterocycles. The van der Waals surface area contributed by atoms with E-state index in [9.17, 15) is 4.79 Å². The minimum absolute atomic E-state index is 0.0423. The Balaban J connectivity index is 3.26. The Bertz CT molecular complexity index is 108. The van der Waals surface area contributed by atoms with Gasteiger partial charge in [-0.1, -0.05) is 0 Å². The number of likely N-dealkylation sites (N-methyl/N-ethyl adjacent to an activating group) is 1. The Morgan fingerprint density at radius 2 is 2.40 bits per heavy atom. The predicted molar refractivity (Wildman–Crippen MR) is 43.3 cm³/mol. The van der Waals surface area contributed by atoms with E-state index in [1.165, 1.54) is 0 Å². The number of amides is 1. The van der Waals surface area contributed by atoms with Crippen LogP contribution in [0.25, 0.3) is 0 Å². The molecule has 1 unspecified atom stereocenters. The zero-order valence-corrected chi connectivity index (χ0v) is 7.15. The minimum atomic E-state index is -0.103. The highest BCUT2D eigenvalue weighted by atomic mass is 32.1. The number of carbonyl (C=O) groups excluding carboxylic acids is 1. The molecule has 60 valence electrons. The molecule has 0 radical (unpaired) electrons. The largest absolute Gasteiger partial charge is 0.368 e. The van der Waals surface area contributed by atoms with Gasteiger partial charge in [-0.2, -0.15) is 12.6 Å². The van der Waals surface area contributed by atoms with Gasteiger partial charge in [0.25, 0.3) is 0 Å². The molecule has 0 aromatic carbocycles. The lowest BCUT2D eigenvalue weighted by atomic mass is 10.5. The van der Waals surface area contributed by atoms with Crippen molar-refractivity contribution in [3.05, 3.63) is 0 Å². The molecule has 0 spiro atoms. The highest BCUT2D eigenvalue weighted by Crippen LogP contribution is 1.91. The molecule has 0 aliphatic rings. The van der Waals surface area contributed by atoms with Crippen LogP contribution in [0.3, 0.4) is 0 Å². The lowest BCUT2D eigenvalue weighted by molar-refractivity contribution is -0.126. The van der Waals surface area contributed by atoms with Crippen LogP contribution in [0.2, 0.25) is 0 Å². The fraction of sp³-hybridized carbons (Fsp3) is 0.833. The van der Waals surface area contributed by atoms with E-state index in [2.05, 4.69) is 17.9 Å². The van der Waals surface area contributed by atoms with Gasteiger partial charge in [-0.25, -0.2) is 0 Å². The second kappa shape index (κ2) is 5.56. The van der Waals surface area contributed by atoms with E-state index in [-0.39, 0.29) is 18.6 Å². The van der Waals surface area contributed by atoms with Crippen molar-refractivity contribution >= 4 is 18.5 Å². The van der Waals surface area contributed by atoms with Gasteiger partial charge in [-0.3, -0.25) is 4.79 Å². The maximum Gasteiger partial charge on any atom is 0.245 e. The zero-order chi connectivity index (χ0) is 7.98. The van der Waals surface area contributed by atoms with Crippen molar-refractivity contribution < 1.29 is 9.53 Å². The molecule has 0 saturated heterocycles. The Kier molecular flexibility index (Phi) is 5.43. The average Bonchev–Trinajstić information content (AvgIpc) is 1.99. The van der Waals surface area contributed by atoms with Crippen LogP contribution in [-0.4, -0.2) is 31.4 Å². The van der Waals surface area contributed by atoms with Gasteiger partial charge in [-0.15, -0.1) is 0 Å². The molecule has 1 atom stereocenters. The SMILES string of the molecule is CNC(=O)COC(C)CS. The summed E-state index contributed by atoms with van der Waals surface area (Å²) in [6, 6.07) is 0. The van der Waals surface area contributed by atoms with Gasteiger partial charge in [0.1, 0.15) is 6.61 Å². The topological polar surface area (TPSA) is 38.3 Å². The number of hydrogen-bond acceptors (Lipinski definition) is 3. The van der Waals surface area contributed by atoms with Crippen LogP contribution in [0.15, 0.2) is 0 Å². The standard InChI is InChI=1S/C6H13NO2S/c1-5(4-10)9-3-6(8)7-2/h5,10H,3-4H2,1-2H3,(H,7,8). The number of thiol groups is 1. The molecule has 4 heteroatoms. The fourth-order valence-electron chi connectivity index (χ4n) is 0.343. The summed E-state index contributed by atoms with van der Waals surface area (Å²) in [6.07, 6.45) is 0.0423. The number of carbonyl (C=O) groups is 1. The molecule has 0 saturated carbocycles. The van der Waals surface area contributed by atoms with Crippen LogP contribution in [0, 0.1) is 0 Å². The molecule has 1 amide bonds. The van der Waals surface area contributed by atoms with Crippen LogP contribution in [0.4, 0.5) is 0 Å². The molecule has 0 aliphatic carbocycles. The monoisotopic (exact) mass is 163 g/mol. The summed E-state index contributed by atoms with van der Waals surface area (Å²) in [5, 5.41) is 2.46. The van der Waals surface area contributed by atoms with Crippen LogP contribution < -0.4 is 5.32 Å². The summed E-state index contributed by atoms with van der Waals surface area (Å²) in [5.74, 6) is 0.533. The van der Waals surface area contributed by atoms with E-state index in [1.54, 1.807) is 7.05 Å². The molecule has 0 fully saturated rings. The second-order valence-corrected chi connectivity index (χ2v) is 2.34. The first-order valence-electron chi connectivity index (χ1n) is 3.13. The fourth-order valence-corrected chi connectivity index (χ4v) is 0.448. The Hall–Kier alpha value is -0.220. The molecule has 1 N–H and O–H groups in total. The zero-order valence-electron chi connectivity index (χ0n) is 6.26. The summed E-state index contributed by atoms with van der Waals surface area (Å²) in [6.45, 7) is 1.99. The average molecular weight is 163 g/mol. The van der Waals surface area contributed by atoms with Gasteiger partial charge in [0, 0.05) is 12.8 Å². The van der Waals surface area contributed by atoms with E-state index in [4.69, 9.17) is 4.74 Å². The maximum absolute atomic E-state index is 10.6. The van der Waals surface area contributed by atoms with Crippen molar-refractivity contribution in [2.75, 3.05) is 19.4 Å². The quantitative estimate of drug-likeness (QED) is 0.575. The third kappa shape index (κ3) is 4.64. The summed E-state index contributed by atoms with van der Waals surface area (Å²) < 4.78 is 5.06. The molecule has 0 aromatic heterocycles. The molecule has 0 bridgehead atoms. The highest BCUT2D eigenvalue weighted by molar-refractivity contribution is 7.80.